The normalized spacial score (nSPS) is 10.9. The average Bonchev–Trinajstić information content (AvgIpc) is 3.04. The molecule has 23 heavy (non-hydrogen) atoms. The zero-order chi connectivity index (χ0) is 16.4. The number of hydrogen-bond acceptors (Lipinski definition) is 5. The summed E-state index contributed by atoms with van der Waals surface area (Å²) in [7, 11) is 0. The standard InChI is InChI=1S/C17H15N3O2S/c1-11(2)12-7-8-18-9-14(12)17-19-15(10-23-17)13-5-3-4-6-16(13)20(21)22/h3-11H,1-2H3. The lowest BCUT2D eigenvalue weighted by Crippen LogP contribution is -1.94. The molecule has 116 valence electrons. The van der Waals surface area contributed by atoms with E-state index in [9.17, 15) is 10.1 Å². The Hall–Kier alpha value is -2.60. The van der Waals surface area contributed by atoms with E-state index in [1.54, 1.807) is 30.6 Å². The molecule has 5 nitrogen and oxygen atoms in total. The van der Waals surface area contributed by atoms with Crippen LogP contribution in [0.2, 0.25) is 0 Å². The molecule has 0 bridgehead atoms. The van der Waals surface area contributed by atoms with Crippen LogP contribution in [0.5, 0.6) is 0 Å². The summed E-state index contributed by atoms with van der Waals surface area (Å²) in [5.74, 6) is 0.353. The van der Waals surface area contributed by atoms with Gasteiger partial charge in [0, 0.05) is 29.4 Å². The molecule has 0 atom stereocenters. The highest BCUT2D eigenvalue weighted by Crippen LogP contribution is 2.35. The van der Waals surface area contributed by atoms with Crippen molar-refractivity contribution in [3.05, 3.63) is 63.8 Å². The molecule has 3 rings (SSSR count). The molecule has 0 amide bonds. The van der Waals surface area contributed by atoms with Crippen molar-refractivity contribution < 1.29 is 4.92 Å². The first-order chi connectivity index (χ1) is 11.1. The van der Waals surface area contributed by atoms with Crippen LogP contribution in [0.3, 0.4) is 0 Å². The lowest BCUT2D eigenvalue weighted by atomic mass is 10.00. The molecule has 0 radical (unpaired) electrons. The second-order valence-corrected chi connectivity index (χ2v) is 6.29. The van der Waals surface area contributed by atoms with Crippen LogP contribution < -0.4 is 0 Å². The fourth-order valence-electron chi connectivity index (χ4n) is 2.46. The lowest BCUT2D eigenvalue weighted by Gasteiger charge is -2.09. The van der Waals surface area contributed by atoms with E-state index in [-0.39, 0.29) is 10.6 Å². The topological polar surface area (TPSA) is 68.9 Å². The number of thiazole rings is 1. The Morgan fingerprint density at radius 2 is 1.96 bits per heavy atom. The van der Waals surface area contributed by atoms with Gasteiger partial charge in [-0.05, 0) is 23.6 Å². The van der Waals surface area contributed by atoms with Crippen molar-refractivity contribution in [2.45, 2.75) is 19.8 Å². The summed E-state index contributed by atoms with van der Waals surface area (Å²) < 4.78 is 0. The SMILES string of the molecule is CC(C)c1ccncc1-c1nc(-c2ccccc2[N+](=O)[O-])cs1. The van der Waals surface area contributed by atoms with Gasteiger partial charge in [-0.25, -0.2) is 4.98 Å². The lowest BCUT2D eigenvalue weighted by molar-refractivity contribution is -0.384. The van der Waals surface area contributed by atoms with E-state index in [0.29, 0.717) is 17.2 Å². The van der Waals surface area contributed by atoms with Crippen molar-refractivity contribution in [3.8, 4) is 21.8 Å². The summed E-state index contributed by atoms with van der Waals surface area (Å²) in [5.41, 5.74) is 3.38. The van der Waals surface area contributed by atoms with Crippen LogP contribution in [0.25, 0.3) is 21.8 Å². The summed E-state index contributed by atoms with van der Waals surface area (Å²) in [4.78, 5) is 19.6. The quantitative estimate of drug-likeness (QED) is 0.505. The number of hydrogen-bond donors (Lipinski definition) is 0. The van der Waals surface area contributed by atoms with Crippen LogP contribution in [0.15, 0.2) is 48.1 Å². The second-order valence-electron chi connectivity index (χ2n) is 5.43. The van der Waals surface area contributed by atoms with Crippen LogP contribution >= 0.6 is 11.3 Å². The van der Waals surface area contributed by atoms with Crippen molar-refractivity contribution in [1.82, 2.24) is 9.97 Å². The zero-order valence-electron chi connectivity index (χ0n) is 12.8. The van der Waals surface area contributed by atoms with E-state index in [0.717, 1.165) is 10.6 Å². The Kier molecular flexibility index (Phi) is 4.16. The minimum Gasteiger partial charge on any atom is -0.264 e. The molecule has 2 heterocycles. The average molecular weight is 325 g/mol. The first-order valence-corrected chi connectivity index (χ1v) is 8.09. The smallest absolute Gasteiger partial charge is 0.264 e. The summed E-state index contributed by atoms with van der Waals surface area (Å²) >= 11 is 1.48. The number of nitro benzene ring substituents is 1. The van der Waals surface area contributed by atoms with Gasteiger partial charge < -0.3 is 0 Å². The molecule has 0 saturated carbocycles. The summed E-state index contributed by atoms with van der Waals surface area (Å²) in [6.45, 7) is 4.24. The molecule has 0 fully saturated rings. The minimum absolute atomic E-state index is 0.0691. The van der Waals surface area contributed by atoms with Crippen molar-refractivity contribution in [3.63, 3.8) is 0 Å². The van der Waals surface area contributed by atoms with Crippen LogP contribution in [0.4, 0.5) is 5.69 Å². The monoisotopic (exact) mass is 325 g/mol. The number of rotatable bonds is 4. The molecule has 0 aliphatic heterocycles. The molecule has 0 spiro atoms. The number of para-hydroxylation sites is 1. The second kappa shape index (κ2) is 6.26. The fourth-order valence-corrected chi connectivity index (χ4v) is 3.31. The van der Waals surface area contributed by atoms with Gasteiger partial charge in [-0.3, -0.25) is 15.1 Å². The molecule has 1 aromatic carbocycles. The van der Waals surface area contributed by atoms with Gasteiger partial charge in [0.15, 0.2) is 0 Å². The third-order valence-electron chi connectivity index (χ3n) is 3.59. The molecule has 6 heteroatoms. The van der Waals surface area contributed by atoms with E-state index in [1.165, 1.54) is 23.0 Å². The summed E-state index contributed by atoms with van der Waals surface area (Å²) in [6, 6.07) is 8.66. The highest BCUT2D eigenvalue weighted by Gasteiger charge is 2.18. The number of benzene rings is 1. The van der Waals surface area contributed by atoms with Gasteiger partial charge in [0.1, 0.15) is 5.01 Å². The van der Waals surface area contributed by atoms with E-state index in [1.807, 2.05) is 11.4 Å². The van der Waals surface area contributed by atoms with Crippen LogP contribution in [-0.4, -0.2) is 14.9 Å². The minimum atomic E-state index is -0.377. The molecule has 0 aliphatic carbocycles. The van der Waals surface area contributed by atoms with Gasteiger partial charge in [-0.1, -0.05) is 26.0 Å². The molecule has 0 N–H and O–H groups in total. The Morgan fingerprint density at radius 3 is 2.70 bits per heavy atom. The maximum atomic E-state index is 11.2. The molecule has 2 aromatic heterocycles. The summed E-state index contributed by atoms with van der Waals surface area (Å²) in [6.07, 6.45) is 3.58. The van der Waals surface area contributed by atoms with Gasteiger partial charge in [0.05, 0.1) is 16.2 Å². The fraction of sp³-hybridized carbons (Fsp3) is 0.176. The highest BCUT2D eigenvalue weighted by molar-refractivity contribution is 7.13. The molecular formula is C17H15N3O2S. The van der Waals surface area contributed by atoms with Crippen molar-refractivity contribution >= 4 is 17.0 Å². The Labute approximate surface area is 137 Å². The maximum Gasteiger partial charge on any atom is 0.278 e. The maximum absolute atomic E-state index is 11.2. The molecule has 0 aliphatic rings. The van der Waals surface area contributed by atoms with Crippen LogP contribution in [0, 0.1) is 10.1 Å². The first-order valence-electron chi connectivity index (χ1n) is 7.21. The Morgan fingerprint density at radius 1 is 1.17 bits per heavy atom. The van der Waals surface area contributed by atoms with E-state index in [2.05, 4.69) is 23.8 Å². The van der Waals surface area contributed by atoms with E-state index < -0.39 is 0 Å². The summed E-state index contributed by atoms with van der Waals surface area (Å²) in [5, 5.41) is 13.9. The highest BCUT2D eigenvalue weighted by atomic mass is 32.1. The number of nitro groups is 1. The van der Waals surface area contributed by atoms with Gasteiger partial charge in [0.2, 0.25) is 0 Å². The molecule has 3 aromatic rings. The molecular weight excluding hydrogens is 310 g/mol. The Bertz CT molecular complexity index is 858. The zero-order valence-corrected chi connectivity index (χ0v) is 13.6. The van der Waals surface area contributed by atoms with Gasteiger partial charge in [-0.15, -0.1) is 11.3 Å². The number of pyridine rings is 1. The van der Waals surface area contributed by atoms with Crippen LogP contribution in [0.1, 0.15) is 25.3 Å². The predicted molar refractivity (Wildman–Crippen MR) is 91.5 cm³/mol. The third-order valence-corrected chi connectivity index (χ3v) is 4.46. The first kappa shape index (κ1) is 15.3. The molecule has 0 saturated heterocycles. The van der Waals surface area contributed by atoms with Gasteiger partial charge >= 0.3 is 0 Å². The molecule has 0 unspecified atom stereocenters. The van der Waals surface area contributed by atoms with E-state index in [4.69, 9.17) is 0 Å². The van der Waals surface area contributed by atoms with Crippen molar-refractivity contribution in [2.75, 3.05) is 0 Å². The van der Waals surface area contributed by atoms with Gasteiger partial charge in [-0.2, -0.15) is 0 Å². The largest absolute Gasteiger partial charge is 0.278 e. The predicted octanol–water partition coefficient (Wildman–Crippen LogP) is 4.90. The number of aromatic nitrogens is 2. The number of nitrogens with zero attached hydrogens (tertiary/aromatic N) is 3. The van der Waals surface area contributed by atoms with Crippen LogP contribution in [-0.2, 0) is 0 Å². The van der Waals surface area contributed by atoms with Gasteiger partial charge in [0.25, 0.3) is 5.69 Å². The Balaban J connectivity index is 2.08. The van der Waals surface area contributed by atoms with Crippen molar-refractivity contribution in [1.29, 1.82) is 0 Å². The van der Waals surface area contributed by atoms with Crippen molar-refractivity contribution in [2.24, 2.45) is 0 Å². The van der Waals surface area contributed by atoms with E-state index >= 15 is 0 Å². The third kappa shape index (κ3) is 2.98.